The van der Waals surface area contributed by atoms with Gasteiger partial charge in [0.25, 0.3) is 11.8 Å². The number of amides is 2. The van der Waals surface area contributed by atoms with E-state index < -0.39 is 0 Å². The van der Waals surface area contributed by atoms with E-state index in [9.17, 15) is 14.4 Å². The molecule has 1 aromatic carbocycles. The zero-order chi connectivity index (χ0) is 19.0. The molecule has 2 amide bonds. The first-order valence-corrected chi connectivity index (χ1v) is 8.71. The average molecular weight is 369 g/mol. The smallest absolute Gasteiger partial charge is 0.254 e. The number of pyridine rings is 1. The SMILES string of the molecule is CC1CN(C(=O)c2ccc3c(c2)OCO3)CCN1C(=O)c1cc[nH]c(=O)c1. The summed E-state index contributed by atoms with van der Waals surface area (Å²) in [5, 5.41) is 0. The van der Waals surface area contributed by atoms with Gasteiger partial charge in [-0.05, 0) is 31.2 Å². The average Bonchev–Trinajstić information content (AvgIpc) is 3.14. The molecule has 27 heavy (non-hydrogen) atoms. The van der Waals surface area contributed by atoms with Gasteiger partial charge in [0.1, 0.15) is 0 Å². The maximum atomic E-state index is 12.8. The van der Waals surface area contributed by atoms with E-state index in [0.29, 0.717) is 42.3 Å². The molecule has 2 aromatic rings. The number of nitrogens with zero attached hydrogens (tertiary/aromatic N) is 2. The molecule has 2 aliphatic rings. The van der Waals surface area contributed by atoms with Crippen LogP contribution in [0.4, 0.5) is 0 Å². The second-order valence-corrected chi connectivity index (χ2v) is 6.61. The Bertz CT molecular complexity index is 954. The van der Waals surface area contributed by atoms with Crippen molar-refractivity contribution in [2.24, 2.45) is 0 Å². The molecule has 8 heteroatoms. The van der Waals surface area contributed by atoms with Gasteiger partial charge in [0.2, 0.25) is 12.4 Å². The molecule has 0 saturated carbocycles. The normalized spacial score (nSPS) is 18.5. The van der Waals surface area contributed by atoms with Gasteiger partial charge >= 0.3 is 0 Å². The molecule has 0 aliphatic carbocycles. The zero-order valence-electron chi connectivity index (χ0n) is 14.8. The van der Waals surface area contributed by atoms with E-state index in [2.05, 4.69) is 4.98 Å². The molecular weight excluding hydrogens is 350 g/mol. The van der Waals surface area contributed by atoms with Gasteiger partial charge in [-0.15, -0.1) is 0 Å². The van der Waals surface area contributed by atoms with Crippen LogP contribution in [0.1, 0.15) is 27.6 Å². The summed E-state index contributed by atoms with van der Waals surface area (Å²) in [5.74, 6) is 0.886. The van der Waals surface area contributed by atoms with E-state index in [1.165, 1.54) is 12.3 Å². The molecule has 1 atom stereocenters. The Morgan fingerprint density at radius 3 is 2.59 bits per heavy atom. The Morgan fingerprint density at radius 1 is 1.04 bits per heavy atom. The number of hydrogen-bond donors (Lipinski definition) is 1. The van der Waals surface area contributed by atoms with Crippen LogP contribution in [0, 0.1) is 0 Å². The summed E-state index contributed by atoms with van der Waals surface area (Å²) >= 11 is 0. The van der Waals surface area contributed by atoms with Gasteiger partial charge in [-0.3, -0.25) is 14.4 Å². The predicted molar refractivity (Wildman–Crippen MR) is 96.0 cm³/mol. The minimum absolute atomic E-state index is 0.108. The summed E-state index contributed by atoms with van der Waals surface area (Å²) < 4.78 is 10.6. The molecule has 1 saturated heterocycles. The Morgan fingerprint density at radius 2 is 1.81 bits per heavy atom. The third-order valence-electron chi connectivity index (χ3n) is 4.82. The highest BCUT2D eigenvalue weighted by atomic mass is 16.7. The number of aromatic nitrogens is 1. The molecule has 1 N–H and O–H groups in total. The number of fused-ring (bicyclic) bond motifs is 1. The van der Waals surface area contributed by atoms with Gasteiger partial charge in [-0.2, -0.15) is 0 Å². The second kappa shape index (κ2) is 6.79. The fourth-order valence-electron chi connectivity index (χ4n) is 3.40. The van der Waals surface area contributed by atoms with Crippen LogP contribution in [0.5, 0.6) is 11.5 Å². The topological polar surface area (TPSA) is 91.9 Å². The van der Waals surface area contributed by atoms with Crippen LogP contribution in [0.2, 0.25) is 0 Å². The van der Waals surface area contributed by atoms with Gasteiger partial charge in [-0.25, -0.2) is 0 Å². The lowest BCUT2D eigenvalue weighted by Gasteiger charge is -2.40. The summed E-state index contributed by atoms with van der Waals surface area (Å²) in [4.78, 5) is 42.9. The highest BCUT2D eigenvalue weighted by Gasteiger charge is 2.31. The van der Waals surface area contributed by atoms with E-state index in [4.69, 9.17) is 9.47 Å². The number of H-pyrrole nitrogens is 1. The summed E-state index contributed by atoms with van der Waals surface area (Å²) in [6.45, 7) is 3.30. The van der Waals surface area contributed by atoms with Crippen LogP contribution in [0.15, 0.2) is 41.3 Å². The van der Waals surface area contributed by atoms with Crippen LogP contribution >= 0.6 is 0 Å². The minimum atomic E-state index is -0.315. The molecule has 1 fully saturated rings. The summed E-state index contributed by atoms with van der Waals surface area (Å²) in [5.41, 5.74) is 0.562. The Hall–Kier alpha value is -3.29. The first-order valence-electron chi connectivity index (χ1n) is 8.71. The summed E-state index contributed by atoms with van der Waals surface area (Å²) in [7, 11) is 0. The van der Waals surface area contributed by atoms with E-state index in [0.717, 1.165) is 0 Å². The molecule has 8 nitrogen and oxygen atoms in total. The van der Waals surface area contributed by atoms with Crippen molar-refractivity contribution in [2.75, 3.05) is 26.4 Å². The number of aromatic amines is 1. The highest BCUT2D eigenvalue weighted by Crippen LogP contribution is 2.33. The van der Waals surface area contributed by atoms with Crippen LogP contribution in [0.3, 0.4) is 0 Å². The fraction of sp³-hybridized carbons (Fsp3) is 0.316. The van der Waals surface area contributed by atoms with Crippen LogP contribution in [-0.2, 0) is 0 Å². The van der Waals surface area contributed by atoms with E-state index in [-0.39, 0.29) is 30.2 Å². The third kappa shape index (κ3) is 3.25. The number of hydrogen-bond acceptors (Lipinski definition) is 5. The molecule has 4 rings (SSSR count). The monoisotopic (exact) mass is 369 g/mol. The first-order chi connectivity index (χ1) is 13.0. The Balaban J connectivity index is 1.46. The minimum Gasteiger partial charge on any atom is -0.454 e. The summed E-state index contributed by atoms with van der Waals surface area (Å²) in [6, 6.07) is 7.84. The van der Waals surface area contributed by atoms with Gasteiger partial charge in [0.05, 0.1) is 0 Å². The van der Waals surface area contributed by atoms with E-state index in [1.54, 1.807) is 34.1 Å². The van der Waals surface area contributed by atoms with Gasteiger partial charge in [0.15, 0.2) is 11.5 Å². The second-order valence-electron chi connectivity index (χ2n) is 6.61. The van der Waals surface area contributed by atoms with Crippen LogP contribution in [0.25, 0.3) is 0 Å². The van der Waals surface area contributed by atoms with Gasteiger partial charge < -0.3 is 24.3 Å². The number of ether oxygens (including phenoxy) is 2. The number of piperazine rings is 1. The molecule has 0 bridgehead atoms. The molecule has 0 spiro atoms. The Labute approximate surface area is 155 Å². The Kier molecular flexibility index (Phi) is 4.31. The van der Waals surface area contributed by atoms with Crippen molar-refractivity contribution in [1.82, 2.24) is 14.8 Å². The number of carbonyl (C=O) groups excluding carboxylic acids is 2. The standard InChI is InChI=1S/C19H19N3O5/c1-12-10-21(18(24)13-2-3-15-16(8-13)27-11-26-15)6-7-22(12)19(25)14-4-5-20-17(23)9-14/h2-5,8-9,12H,6-7,10-11H2,1H3,(H,20,23). The highest BCUT2D eigenvalue weighted by molar-refractivity contribution is 5.96. The molecule has 2 aliphatic heterocycles. The summed E-state index contributed by atoms with van der Waals surface area (Å²) in [6.07, 6.45) is 1.46. The third-order valence-corrected chi connectivity index (χ3v) is 4.82. The number of benzene rings is 1. The molecule has 1 unspecified atom stereocenters. The number of carbonyl (C=O) groups is 2. The van der Waals surface area contributed by atoms with E-state index in [1.807, 2.05) is 6.92 Å². The van der Waals surface area contributed by atoms with Crippen LogP contribution in [-0.4, -0.2) is 59.1 Å². The van der Waals surface area contributed by atoms with Crippen molar-refractivity contribution in [3.63, 3.8) is 0 Å². The van der Waals surface area contributed by atoms with Gasteiger partial charge in [-0.1, -0.05) is 0 Å². The predicted octanol–water partition coefficient (Wildman–Crippen LogP) is 1.09. The van der Waals surface area contributed by atoms with Crippen molar-refractivity contribution < 1.29 is 19.1 Å². The molecule has 1 aromatic heterocycles. The molecular formula is C19H19N3O5. The number of nitrogens with one attached hydrogen (secondary N) is 1. The van der Waals surface area contributed by atoms with Crippen molar-refractivity contribution in [1.29, 1.82) is 0 Å². The zero-order valence-corrected chi connectivity index (χ0v) is 14.8. The lowest BCUT2D eigenvalue weighted by molar-refractivity contribution is 0.0414. The van der Waals surface area contributed by atoms with Crippen molar-refractivity contribution >= 4 is 11.8 Å². The quantitative estimate of drug-likeness (QED) is 0.856. The van der Waals surface area contributed by atoms with Gasteiger partial charge in [0, 0.05) is 49.1 Å². The fourth-order valence-corrected chi connectivity index (χ4v) is 3.40. The lowest BCUT2D eigenvalue weighted by Crippen LogP contribution is -2.55. The van der Waals surface area contributed by atoms with Crippen molar-refractivity contribution in [3.05, 3.63) is 58.0 Å². The maximum Gasteiger partial charge on any atom is 0.254 e. The largest absolute Gasteiger partial charge is 0.454 e. The maximum absolute atomic E-state index is 12.8. The van der Waals surface area contributed by atoms with Crippen LogP contribution < -0.4 is 15.0 Å². The molecule has 140 valence electrons. The van der Waals surface area contributed by atoms with E-state index >= 15 is 0 Å². The van der Waals surface area contributed by atoms with Crippen molar-refractivity contribution in [3.8, 4) is 11.5 Å². The van der Waals surface area contributed by atoms with Crippen molar-refractivity contribution in [2.45, 2.75) is 13.0 Å². The first kappa shape index (κ1) is 17.1. The lowest BCUT2D eigenvalue weighted by atomic mass is 10.1. The molecule has 3 heterocycles. The number of rotatable bonds is 2. The molecule has 0 radical (unpaired) electrons.